The van der Waals surface area contributed by atoms with Crippen molar-refractivity contribution in [3.8, 4) is 5.75 Å². The Morgan fingerprint density at radius 1 is 1.22 bits per heavy atom. The topological polar surface area (TPSA) is 53.1 Å². The fourth-order valence-corrected chi connectivity index (χ4v) is 1.79. The summed E-state index contributed by atoms with van der Waals surface area (Å²) >= 11 is 0. The molecule has 0 aliphatic rings. The molecule has 0 amide bonds. The average molecular weight is 245 g/mol. The molecule has 18 heavy (non-hydrogen) atoms. The van der Waals surface area contributed by atoms with Gasteiger partial charge in [-0.15, -0.1) is 0 Å². The SMILES string of the molecule is CCc1ccc(OCn2nc(C)c(N)c2C)cc1. The van der Waals surface area contributed by atoms with E-state index in [1.165, 1.54) is 5.56 Å². The lowest BCUT2D eigenvalue weighted by Gasteiger charge is -2.08. The van der Waals surface area contributed by atoms with E-state index >= 15 is 0 Å². The van der Waals surface area contributed by atoms with E-state index in [4.69, 9.17) is 10.5 Å². The predicted octanol–water partition coefficient (Wildman–Crippen LogP) is 2.68. The second-order valence-corrected chi connectivity index (χ2v) is 4.35. The zero-order valence-electron chi connectivity index (χ0n) is 11.1. The summed E-state index contributed by atoms with van der Waals surface area (Å²) in [6.45, 7) is 6.36. The number of hydrogen-bond acceptors (Lipinski definition) is 3. The van der Waals surface area contributed by atoms with E-state index in [1.807, 2.05) is 26.0 Å². The number of nitrogen functional groups attached to an aromatic ring is 1. The van der Waals surface area contributed by atoms with Gasteiger partial charge < -0.3 is 10.5 Å². The molecule has 0 unspecified atom stereocenters. The van der Waals surface area contributed by atoms with E-state index in [1.54, 1.807) is 4.68 Å². The second kappa shape index (κ2) is 5.12. The summed E-state index contributed by atoms with van der Waals surface area (Å²) in [6, 6.07) is 8.11. The first-order chi connectivity index (χ1) is 8.61. The molecule has 1 heterocycles. The van der Waals surface area contributed by atoms with Crippen LogP contribution in [0.5, 0.6) is 5.75 Å². The molecule has 1 aromatic heterocycles. The smallest absolute Gasteiger partial charge is 0.181 e. The van der Waals surface area contributed by atoms with E-state index < -0.39 is 0 Å². The van der Waals surface area contributed by atoms with E-state index in [0.717, 1.165) is 29.2 Å². The first-order valence-corrected chi connectivity index (χ1v) is 6.13. The van der Waals surface area contributed by atoms with Gasteiger partial charge in [0.15, 0.2) is 6.73 Å². The lowest BCUT2D eigenvalue weighted by atomic mass is 10.2. The van der Waals surface area contributed by atoms with Crippen molar-refractivity contribution in [3.63, 3.8) is 0 Å². The highest BCUT2D eigenvalue weighted by atomic mass is 16.5. The minimum absolute atomic E-state index is 0.384. The van der Waals surface area contributed by atoms with Crippen LogP contribution in [0.3, 0.4) is 0 Å². The van der Waals surface area contributed by atoms with Gasteiger partial charge in [-0.3, -0.25) is 0 Å². The Morgan fingerprint density at radius 3 is 2.39 bits per heavy atom. The van der Waals surface area contributed by atoms with Crippen molar-refractivity contribution in [3.05, 3.63) is 41.2 Å². The minimum atomic E-state index is 0.384. The van der Waals surface area contributed by atoms with Crippen molar-refractivity contribution < 1.29 is 4.74 Å². The molecule has 0 atom stereocenters. The summed E-state index contributed by atoms with van der Waals surface area (Å²) in [5.74, 6) is 0.846. The molecule has 2 rings (SSSR count). The first-order valence-electron chi connectivity index (χ1n) is 6.13. The highest BCUT2D eigenvalue weighted by molar-refractivity contribution is 5.46. The fourth-order valence-electron chi connectivity index (χ4n) is 1.79. The van der Waals surface area contributed by atoms with Crippen molar-refractivity contribution in [2.45, 2.75) is 33.9 Å². The minimum Gasteiger partial charge on any atom is -0.471 e. The first kappa shape index (κ1) is 12.5. The van der Waals surface area contributed by atoms with E-state index in [0.29, 0.717) is 6.73 Å². The van der Waals surface area contributed by atoms with Crippen LogP contribution in [0.1, 0.15) is 23.9 Å². The second-order valence-electron chi connectivity index (χ2n) is 4.35. The number of nitrogens with two attached hydrogens (primary N) is 1. The molecule has 0 bridgehead atoms. The molecule has 0 radical (unpaired) electrons. The molecule has 2 aromatic rings. The van der Waals surface area contributed by atoms with Crippen LogP contribution >= 0.6 is 0 Å². The van der Waals surface area contributed by atoms with Crippen molar-refractivity contribution in [1.82, 2.24) is 9.78 Å². The fraction of sp³-hybridized carbons (Fsp3) is 0.357. The number of hydrogen-bond donors (Lipinski definition) is 1. The zero-order valence-corrected chi connectivity index (χ0v) is 11.1. The van der Waals surface area contributed by atoms with E-state index in [2.05, 4.69) is 24.2 Å². The van der Waals surface area contributed by atoms with Crippen LogP contribution in [0.15, 0.2) is 24.3 Å². The number of ether oxygens (including phenoxy) is 1. The normalized spacial score (nSPS) is 10.6. The molecule has 0 saturated heterocycles. The molecule has 0 aliphatic heterocycles. The summed E-state index contributed by atoms with van der Waals surface area (Å²) in [7, 11) is 0. The third-order valence-electron chi connectivity index (χ3n) is 3.12. The van der Waals surface area contributed by atoms with Crippen LogP contribution in [0.2, 0.25) is 0 Å². The van der Waals surface area contributed by atoms with Gasteiger partial charge >= 0.3 is 0 Å². The Labute approximate surface area is 107 Å². The van der Waals surface area contributed by atoms with Gasteiger partial charge in [-0.1, -0.05) is 19.1 Å². The van der Waals surface area contributed by atoms with Gasteiger partial charge in [0.1, 0.15) is 5.75 Å². The van der Waals surface area contributed by atoms with E-state index in [9.17, 15) is 0 Å². The lowest BCUT2D eigenvalue weighted by molar-refractivity contribution is 0.218. The number of rotatable bonds is 4. The maximum absolute atomic E-state index is 5.87. The van der Waals surface area contributed by atoms with Crippen molar-refractivity contribution >= 4 is 5.69 Å². The largest absolute Gasteiger partial charge is 0.471 e. The molecule has 1 aromatic carbocycles. The van der Waals surface area contributed by atoms with Gasteiger partial charge in [0.2, 0.25) is 0 Å². The quantitative estimate of drug-likeness (QED) is 0.901. The molecule has 0 spiro atoms. The molecule has 0 aliphatic carbocycles. The van der Waals surface area contributed by atoms with Crippen molar-refractivity contribution in [2.24, 2.45) is 0 Å². The Morgan fingerprint density at radius 2 is 1.89 bits per heavy atom. The Bertz CT molecular complexity index is 529. The molecule has 0 saturated carbocycles. The van der Waals surface area contributed by atoms with Gasteiger partial charge in [-0.2, -0.15) is 5.10 Å². The lowest BCUT2D eigenvalue weighted by Crippen LogP contribution is -2.08. The summed E-state index contributed by atoms with van der Waals surface area (Å²) in [5, 5.41) is 4.33. The Hall–Kier alpha value is -1.97. The molecule has 4 heteroatoms. The van der Waals surface area contributed by atoms with Crippen LogP contribution < -0.4 is 10.5 Å². The van der Waals surface area contributed by atoms with Crippen molar-refractivity contribution in [2.75, 3.05) is 5.73 Å². The predicted molar refractivity (Wildman–Crippen MR) is 72.6 cm³/mol. The average Bonchev–Trinajstić information content (AvgIpc) is 2.64. The molecule has 0 fully saturated rings. The third kappa shape index (κ3) is 2.47. The summed E-state index contributed by atoms with van der Waals surface area (Å²) < 4.78 is 7.46. The van der Waals surface area contributed by atoms with Gasteiger partial charge in [-0.25, -0.2) is 4.68 Å². The summed E-state index contributed by atoms with van der Waals surface area (Å²) in [6.07, 6.45) is 1.04. The maximum Gasteiger partial charge on any atom is 0.181 e. The number of aromatic nitrogens is 2. The number of benzene rings is 1. The number of nitrogens with zero attached hydrogens (tertiary/aromatic N) is 2. The Kier molecular flexibility index (Phi) is 3.55. The van der Waals surface area contributed by atoms with Crippen molar-refractivity contribution in [1.29, 1.82) is 0 Å². The van der Waals surface area contributed by atoms with E-state index in [-0.39, 0.29) is 0 Å². The summed E-state index contributed by atoms with van der Waals surface area (Å²) in [5.41, 5.74) is 9.70. The monoisotopic (exact) mass is 245 g/mol. The Balaban J connectivity index is 2.04. The van der Waals surface area contributed by atoms with Crippen LogP contribution in [0, 0.1) is 13.8 Å². The number of aryl methyl sites for hydroxylation is 2. The highest BCUT2D eigenvalue weighted by Gasteiger charge is 2.07. The number of anilines is 1. The van der Waals surface area contributed by atoms with Crippen LogP contribution in [0.4, 0.5) is 5.69 Å². The van der Waals surface area contributed by atoms with Gasteiger partial charge in [0, 0.05) is 0 Å². The van der Waals surface area contributed by atoms with Crippen LogP contribution in [-0.4, -0.2) is 9.78 Å². The maximum atomic E-state index is 5.87. The van der Waals surface area contributed by atoms with Crippen LogP contribution in [-0.2, 0) is 13.2 Å². The molecular formula is C14H19N3O. The summed E-state index contributed by atoms with van der Waals surface area (Å²) in [4.78, 5) is 0. The third-order valence-corrected chi connectivity index (χ3v) is 3.12. The van der Waals surface area contributed by atoms with Gasteiger partial charge in [-0.05, 0) is 38.0 Å². The molecule has 2 N–H and O–H groups in total. The standard InChI is InChI=1S/C14H19N3O/c1-4-12-5-7-13(8-6-12)18-9-17-11(3)14(15)10(2)16-17/h5-8H,4,9,15H2,1-3H3. The van der Waals surface area contributed by atoms with Crippen LogP contribution in [0.25, 0.3) is 0 Å². The molecular weight excluding hydrogens is 226 g/mol. The molecule has 96 valence electrons. The molecule has 4 nitrogen and oxygen atoms in total. The highest BCUT2D eigenvalue weighted by Crippen LogP contribution is 2.17. The van der Waals surface area contributed by atoms with Gasteiger partial charge in [0.25, 0.3) is 0 Å². The zero-order chi connectivity index (χ0) is 13.1. The van der Waals surface area contributed by atoms with Gasteiger partial charge in [0.05, 0.1) is 17.1 Å².